The van der Waals surface area contributed by atoms with E-state index in [1.165, 1.54) is 5.56 Å². The lowest BCUT2D eigenvalue weighted by Crippen LogP contribution is -2.52. The third kappa shape index (κ3) is 5.46. The van der Waals surface area contributed by atoms with Crippen molar-refractivity contribution in [3.05, 3.63) is 29.3 Å². The fourth-order valence-corrected chi connectivity index (χ4v) is 3.22. The molecule has 2 amide bonds. The van der Waals surface area contributed by atoms with Crippen LogP contribution in [-0.4, -0.2) is 78.9 Å². The number of carbonyl (C=O) groups is 2. The summed E-state index contributed by atoms with van der Waals surface area (Å²) in [5, 5.41) is 0. The first-order chi connectivity index (χ1) is 12.4. The molecule has 0 saturated carbocycles. The highest BCUT2D eigenvalue weighted by Crippen LogP contribution is 2.18. The van der Waals surface area contributed by atoms with E-state index < -0.39 is 0 Å². The number of amides is 2. The lowest BCUT2D eigenvalue weighted by Gasteiger charge is -2.35. The molecular formula is C20H31N3O3. The molecule has 0 aromatic heterocycles. The predicted octanol–water partition coefficient (Wildman–Crippen LogP) is 1.69. The second-order valence-corrected chi connectivity index (χ2v) is 6.78. The van der Waals surface area contributed by atoms with Crippen molar-refractivity contribution in [3.63, 3.8) is 0 Å². The van der Waals surface area contributed by atoms with Crippen LogP contribution in [0.4, 0.5) is 0 Å². The number of ether oxygens (including phenoxy) is 1. The van der Waals surface area contributed by atoms with Gasteiger partial charge in [-0.1, -0.05) is 17.7 Å². The average Bonchev–Trinajstić information content (AvgIpc) is 2.62. The van der Waals surface area contributed by atoms with Crippen LogP contribution in [-0.2, 0) is 9.59 Å². The molecule has 1 aromatic rings. The van der Waals surface area contributed by atoms with Crippen molar-refractivity contribution in [2.45, 2.75) is 27.7 Å². The molecule has 1 heterocycles. The largest absolute Gasteiger partial charge is 0.484 e. The van der Waals surface area contributed by atoms with Gasteiger partial charge in [0.2, 0.25) is 5.91 Å². The second kappa shape index (κ2) is 9.57. The van der Waals surface area contributed by atoms with Crippen molar-refractivity contribution in [3.8, 4) is 5.75 Å². The first-order valence-corrected chi connectivity index (χ1v) is 9.42. The van der Waals surface area contributed by atoms with Gasteiger partial charge in [-0.3, -0.25) is 14.5 Å². The fourth-order valence-electron chi connectivity index (χ4n) is 3.22. The molecule has 1 aromatic carbocycles. The first-order valence-electron chi connectivity index (χ1n) is 9.42. The normalized spacial score (nSPS) is 15.0. The molecule has 1 aliphatic rings. The van der Waals surface area contributed by atoms with Crippen molar-refractivity contribution >= 4 is 11.8 Å². The third-order valence-corrected chi connectivity index (χ3v) is 4.88. The summed E-state index contributed by atoms with van der Waals surface area (Å²) in [7, 11) is 0. The van der Waals surface area contributed by atoms with Gasteiger partial charge in [0.05, 0.1) is 6.54 Å². The number of nitrogens with zero attached hydrogens (tertiary/aromatic N) is 3. The maximum Gasteiger partial charge on any atom is 0.260 e. The maximum atomic E-state index is 12.4. The number of benzene rings is 1. The van der Waals surface area contributed by atoms with Crippen molar-refractivity contribution in [1.82, 2.24) is 14.7 Å². The monoisotopic (exact) mass is 361 g/mol. The van der Waals surface area contributed by atoms with Crippen LogP contribution in [0, 0.1) is 13.8 Å². The molecule has 0 unspecified atom stereocenters. The Labute approximate surface area is 156 Å². The van der Waals surface area contributed by atoms with Crippen LogP contribution in [0.25, 0.3) is 0 Å². The minimum atomic E-state index is -0.000283. The van der Waals surface area contributed by atoms with E-state index in [9.17, 15) is 9.59 Å². The standard InChI is InChI=1S/C20H31N3O3/c1-5-22(6-2)19(24)14-21-9-11-23(12-10-21)20(25)15-26-18-8-7-16(3)13-17(18)4/h7-8,13H,5-6,9-12,14-15H2,1-4H3. The van der Waals surface area contributed by atoms with Gasteiger partial charge < -0.3 is 14.5 Å². The third-order valence-electron chi connectivity index (χ3n) is 4.88. The molecule has 0 spiro atoms. The molecule has 1 saturated heterocycles. The lowest BCUT2D eigenvalue weighted by atomic mass is 10.1. The summed E-state index contributed by atoms with van der Waals surface area (Å²) in [6.45, 7) is 12.7. The summed E-state index contributed by atoms with van der Waals surface area (Å²) in [5.41, 5.74) is 2.22. The van der Waals surface area contributed by atoms with Crippen molar-refractivity contribution in [1.29, 1.82) is 0 Å². The molecule has 0 radical (unpaired) electrons. The molecule has 2 rings (SSSR count). The van der Waals surface area contributed by atoms with E-state index >= 15 is 0 Å². The summed E-state index contributed by atoms with van der Waals surface area (Å²) in [4.78, 5) is 30.4. The number of carbonyl (C=O) groups excluding carboxylic acids is 2. The maximum absolute atomic E-state index is 12.4. The molecule has 0 N–H and O–H groups in total. The molecule has 6 heteroatoms. The molecule has 6 nitrogen and oxygen atoms in total. The van der Waals surface area contributed by atoms with E-state index in [2.05, 4.69) is 4.90 Å². The number of likely N-dealkylation sites (N-methyl/N-ethyl adjacent to an activating group) is 1. The smallest absolute Gasteiger partial charge is 0.260 e. The van der Waals surface area contributed by atoms with E-state index in [1.54, 1.807) is 0 Å². The Balaban J connectivity index is 1.76. The topological polar surface area (TPSA) is 53.1 Å². The quantitative estimate of drug-likeness (QED) is 0.742. The Morgan fingerprint density at radius 3 is 2.31 bits per heavy atom. The molecule has 0 aliphatic carbocycles. The van der Waals surface area contributed by atoms with Crippen LogP contribution < -0.4 is 4.74 Å². The van der Waals surface area contributed by atoms with Crippen LogP contribution in [0.5, 0.6) is 5.75 Å². The number of aryl methyl sites for hydroxylation is 2. The Bertz CT molecular complexity index is 621. The van der Waals surface area contributed by atoms with Crippen molar-refractivity contribution in [2.24, 2.45) is 0 Å². The van der Waals surface area contributed by atoms with Crippen molar-refractivity contribution in [2.75, 3.05) is 52.4 Å². The van der Waals surface area contributed by atoms with Gasteiger partial charge in [0.25, 0.3) is 5.91 Å². The van der Waals surface area contributed by atoms with E-state index in [0.29, 0.717) is 19.6 Å². The number of piperazine rings is 1. The van der Waals surface area contributed by atoms with E-state index in [0.717, 1.165) is 37.5 Å². The highest BCUT2D eigenvalue weighted by atomic mass is 16.5. The van der Waals surface area contributed by atoms with E-state index in [1.807, 2.05) is 55.7 Å². The summed E-state index contributed by atoms with van der Waals surface area (Å²) in [6, 6.07) is 5.94. The van der Waals surface area contributed by atoms with Gasteiger partial charge in [-0.2, -0.15) is 0 Å². The second-order valence-electron chi connectivity index (χ2n) is 6.78. The number of hydrogen-bond acceptors (Lipinski definition) is 4. The zero-order valence-electron chi connectivity index (χ0n) is 16.5. The van der Waals surface area contributed by atoms with Crippen LogP contribution in [0.3, 0.4) is 0 Å². The molecule has 0 atom stereocenters. The van der Waals surface area contributed by atoms with E-state index in [-0.39, 0.29) is 18.4 Å². The zero-order valence-corrected chi connectivity index (χ0v) is 16.5. The summed E-state index contributed by atoms with van der Waals surface area (Å²) in [6.07, 6.45) is 0. The van der Waals surface area contributed by atoms with Crippen molar-refractivity contribution < 1.29 is 14.3 Å². The number of hydrogen-bond donors (Lipinski definition) is 0. The Morgan fingerprint density at radius 2 is 1.73 bits per heavy atom. The summed E-state index contributed by atoms with van der Waals surface area (Å²) in [5.74, 6) is 0.917. The molecular weight excluding hydrogens is 330 g/mol. The average molecular weight is 361 g/mol. The van der Waals surface area contributed by atoms with Gasteiger partial charge in [0, 0.05) is 39.3 Å². The van der Waals surface area contributed by atoms with Gasteiger partial charge >= 0.3 is 0 Å². The SMILES string of the molecule is CCN(CC)C(=O)CN1CCN(C(=O)COc2ccc(C)cc2C)CC1. The number of rotatable bonds is 7. The van der Waals surface area contributed by atoms with Crippen LogP contribution >= 0.6 is 0 Å². The summed E-state index contributed by atoms with van der Waals surface area (Å²) < 4.78 is 5.69. The Hall–Kier alpha value is -2.08. The zero-order chi connectivity index (χ0) is 19.1. The van der Waals surface area contributed by atoms with Crippen LogP contribution in [0.15, 0.2) is 18.2 Å². The lowest BCUT2D eigenvalue weighted by molar-refractivity contribution is -0.136. The minimum absolute atomic E-state index is 0.000283. The van der Waals surface area contributed by atoms with Crippen LogP contribution in [0.2, 0.25) is 0 Å². The Morgan fingerprint density at radius 1 is 1.08 bits per heavy atom. The van der Waals surface area contributed by atoms with Gasteiger partial charge in [-0.15, -0.1) is 0 Å². The van der Waals surface area contributed by atoms with Gasteiger partial charge in [0.15, 0.2) is 6.61 Å². The molecule has 144 valence electrons. The van der Waals surface area contributed by atoms with E-state index in [4.69, 9.17) is 4.74 Å². The Kier molecular flexibility index (Phi) is 7.45. The molecule has 0 bridgehead atoms. The minimum Gasteiger partial charge on any atom is -0.484 e. The summed E-state index contributed by atoms with van der Waals surface area (Å²) >= 11 is 0. The molecule has 1 fully saturated rings. The van der Waals surface area contributed by atoms with Gasteiger partial charge in [-0.25, -0.2) is 0 Å². The van der Waals surface area contributed by atoms with Gasteiger partial charge in [0.1, 0.15) is 5.75 Å². The van der Waals surface area contributed by atoms with Gasteiger partial charge in [-0.05, 0) is 39.3 Å². The first kappa shape index (κ1) is 20.2. The van der Waals surface area contributed by atoms with Crippen LogP contribution in [0.1, 0.15) is 25.0 Å². The molecule has 26 heavy (non-hydrogen) atoms. The highest BCUT2D eigenvalue weighted by molar-refractivity contribution is 5.79. The molecule has 1 aliphatic heterocycles. The predicted molar refractivity (Wildman–Crippen MR) is 102 cm³/mol. The highest BCUT2D eigenvalue weighted by Gasteiger charge is 2.23. The fraction of sp³-hybridized carbons (Fsp3) is 0.600.